The van der Waals surface area contributed by atoms with Crippen LogP contribution in [0.1, 0.15) is 29.2 Å². The van der Waals surface area contributed by atoms with Crippen LogP contribution in [0.25, 0.3) is 6.08 Å². The number of nitrogens with zero attached hydrogens (tertiary/aromatic N) is 1. The number of ether oxygens (including phenoxy) is 2. The zero-order valence-corrected chi connectivity index (χ0v) is 23.9. The van der Waals surface area contributed by atoms with Gasteiger partial charge in [0.25, 0.3) is 11.1 Å². The van der Waals surface area contributed by atoms with Gasteiger partial charge >= 0.3 is 0 Å². The first-order valence-electron chi connectivity index (χ1n) is 12.1. The van der Waals surface area contributed by atoms with Gasteiger partial charge < -0.3 is 14.8 Å². The number of hydrogen-bond donors (Lipinski definition) is 1. The maximum atomic E-state index is 14.0. The van der Waals surface area contributed by atoms with E-state index in [-0.39, 0.29) is 17.3 Å². The first-order valence-corrected chi connectivity index (χ1v) is 13.7. The third kappa shape index (κ3) is 6.88. The molecule has 4 rings (SSSR count). The van der Waals surface area contributed by atoms with Crippen molar-refractivity contribution in [2.75, 3.05) is 18.5 Å². The van der Waals surface area contributed by atoms with Gasteiger partial charge in [-0.2, -0.15) is 0 Å². The predicted octanol–water partition coefficient (Wildman–Crippen LogP) is 6.86. The Labute approximate surface area is 238 Å². The summed E-state index contributed by atoms with van der Waals surface area (Å²) in [6, 6.07) is 15.4. The largest absolute Gasteiger partial charge is 0.490 e. The van der Waals surface area contributed by atoms with E-state index in [1.54, 1.807) is 36.4 Å². The number of carbonyl (C=O) groups is 3. The lowest BCUT2D eigenvalue weighted by molar-refractivity contribution is -0.127. The van der Waals surface area contributed by atoms with Crippen LogP contribution in [0.15, 0.2) is 64.0 Å². The molecular weight excluding hydrogens is 587 g/mol. The Morgan fingerprint density at radius 2 is 1.87 bits per heavy atom. The molecular formula is C29H26BrFN2O5S. The molecule has 0 aromatic heterocycles. The van der Waals surface area contributed by atoms with E-state index >= 15 is 0 Å². The summed E-state index contributed by atoms with van der Waals surface area (Å²) < 4.78 is 26.2. The number of imide groups is 1. The molecule has 39 heavy (non-hydrogen) atoms. The topological polar surface area (TPSA) is 84.9 Å². The van der Waals surface area contributed by atoms with Gasteiger partial charge in [0, 0.05) is 11.3 Å². The number of rotatable bonds is 9. The fraction of sp³-hybridized carbons (Fsp3) is 0.207. The highest BCUT2D eigenvalue weighted by Crippen LogP contribution is 2.40. The number of halogens is 2. The molecule has 1 heterocycles. The van der Waals surface area contributed by atoms with Crippen molar-refractivity contribution in [1.82, 2.24) is 4.90 Å². The first-order chi connectivity index (χ1) is 18.7. The van der Waals surface area contributed by atoms with Gasteiger partial charge in [-0.25, -0.2) is 4.39 Å². The van der Waals surface area contributed by atoms with Crippen molar-refractivity contribution in [2.45, 2.75) is 27.4 Å². The van der Waals surface area contributed by atoms with Crippen molar-refractivity contribution in [2.24, 2.45) is 0 Å². The average Bonchev–Trinajstić information content (AvgIpc) is 3.14. The Morgan fingerprint density at radius 1 is 1.10 bits per heavy atom. The smallest absolute Gasteiger partial charge is 0.294 e. The Balaban J connectivity index is 1.50. The number of amides is 3. The lowest BCUT2D eigenvalue weighted by atomic mass is 10.1. The van der Waals surface area contributed by atoms with Crippen molar-refractivity contribution >= 4 is 56.5 Å². The number of hydrogen-bond acceptors (Lipinski definition) is 6. The summed E-state index contributed by atoms with van der Waals surface area (Å²) in [5.41, 5.74) is 3.46. The molecule has 0 unspecified atom stereocenters. The highest BCUT2D eigenvalue weighted by molar-refractivity contribution is 9.10. The molecule has 3 amide bonds. The maximum absolute atomic E-state index is 14.0. The predicted molar refractivity (Wildman–Crippen MR) is 153 cm³/mol. The fourth-order valence-corrected chi connectivity index (χ4v) is 5.24. The molecule has 0 spiro atoms. The summed E-state index contributed by atoms with van der Waals surface area (Å²) in [6.07, 6.45) is 1.56. The number of carbonyl (C=O) groups excluding carboxylic acids is 3. The minimum absolute atomic E-state index is 0.00623. The molecule has 0 saturated carbocycles. The van der Waals surface area contributed by atoms with Crippen LogP contribution in [0, 0.1) is 19.7 Å². The molecule has 1 aliphatic rings. The molecule has 0 aliphatic carbocycles. The number of thioether (sulfide) groups is 1. The molecule has 0 bridgehead atoms. The van der Waals surface area contributed by atoms with Crippen LogP contribution >= 0.6 is 27.7 Å². The molecule has 0 radical (unpaired) electrons. The van der Waals surface area contributed by atoms with Crippen LogP contribution in [-0.2, 0) is 16.2 Å². The Bertz CT molecular complexity index is 1480. The molecule has 202 valence electrons. The third-order valence-corrected chi connectivity index (χ3v) is 7.30. The molecule has 3 aromatic carbocycles. The lowest BCUT2D eigenvalue weighted by Gasteiger charge is -2.15. The van der Waals surface area contributed by atoms with Crippen molar-refractivity contribution < 1.29 is 28.2 Å². The summed E-state index contributed by atoms with van der Waals surface area (Å²) in [4.78, 5) is 39.3. The number of nitrogens with one attached hydrogen (secondary N) is 1. The SMILES string of the molecule is CCOc1cc(/C=C2\SC(=O)N(CC(=O)Nc3cc(C)ccc3C)C2=O)cc(Br)c1OCc1ccccc1F. The standard InChI is InChI=1S/C29H26BrFN2O5S/c1-4-37-24-13-19(12-21(30)27(24)38-16-20-7-5-6-8-22(20)31)14-25-28(35)33(29(36)39-25)15-26(34)32-23-11-17(2)9-10-18(23)3/h5-14H,4,15-16H2,1-3H3,(H,32,34)/b25-14-. The second-order valence-electron chi connectivity index (χ2n) is 8.78. The number of benzene rings is 3. The zero-order valence-electron chi connectivity index (χ0n) is 21.5. The van der Waals surface area contributed by atoms with Gasteiger partial charge in [-0.3, -0.25) is 19.3 Å². The van der Waals surface area contributed by atoms with E-state index in [1.807, 2.05) is 39.0 Å². The third-order valence-electron chi connectivity index (χ3n) is 5.80. The minimum atomic E-state index is -0.560. The van der Waals surface area contributed by atoms with E-state index in [4.69, 9.17) is 9.47 Å². The van der Waals surface area contributed by atoms with Crippen LogP contribution in [-0.4, -0.2) is 35.1 Å². The zero-order chi connectivity index (χ0) is 28.1. The van der Waals surface area contributed by atoms with Crippen LogP contribution in [0.5, 0.6) is 11.5 Å². The molecule has 1 aliphatic heterocycles. The highest BCUT2D eigenvalue weighted by atomic mass is 79.9. The van der Waals surface area contributed by atoms with Crippen molar-refractivity contribution in [1.29, 1.82) is 0 Å². The van der Waals surface area contributed by atoms with Gasteiger partial charge in [-0.05, 0) is 95.5 Å². The van der Waals surface area contributed by atoms with Crippen LogP contribution in [0.2, 0.25) is 0 Å². The summed E-state index contributed by atoms with van der Waals surface area (Å²) in [7, 11) is 0. The molecule has 0 atom stereocenters. The van der Waals surface area contributed by atoms with E-state index in [9.17, 15) is 18.8 Å². The summed E-state index contributed by atoms with van der Waals surface area (Å²) in [5.74, 6) is -0.628. The lowest BCUT2D eigenvalue weighted by Crippen LogP contribution is -2.36. The van der Waals surface area contributed by atoms with Crippen molar-refractivity contribution in [3.8, 4) is 11.5 Å². The Hall–Kier alpha value is -3.63. The molecule has 3 aromatic rings. The normalized spacial score (nSPS) is 14.2. The molecule has 7 nitrogen and oxygen atoms in total. The van der Waals surface area contributed by atoms with Crippen LogP contribution in [0.4, 0.5) is 14.9 Å². The quantitative estimate of drug-likeness (QED) is 0.266. The van der Waals surface area contributed by atoms with Crippen molar-refractivity contribution in [3.63, 3.8) is 0 Å². The van der Waals surface area contributed by atoms with E-state index in [2.05, 4.69) is 21.2 Å². The van der Waals surface area contributed by atoms with Gasteiger partial charge in [0.05, 0.1) is 16.0 Å². The molecule has 1 fully saturated rings. The van der Waals surface area contributed by atoms with E-state index in [0.717, 1.165) is 27.8 Å². The number of aryl methyl sites for hydroxylation is 2. The maximum Gasteiger partial charge on any atom is 0.294 e. The van der Waals surface area contributed by atoms with Gasteiger partial charge in [-0.15, -0.1) is 0 Å². The highest BCUT2D eigenvalue weighted by Gasteiger charge is 2.36. The summed E-state index contributed by atoms with van der Waals surface area (Å²) in [5, 5.41) is 2.24. The van der Waals surface area contributed by atoms with E-state index in [1.165, 1.54) is 6.07 Å². The monoisotopic (exact) mass is 612 g/mol. The average molecular weight is 614 g/mol. The molecule has 10 heteroatoms. The Morgan fingerprint density at radius 3 is 2.62 bits per heavy atom. The Kier molecular flexibility index (Phi) is 9.08. The van der Waals surface area contributed by atoms with E-state index in [0.29, 0.717) is 39.4 Å². The van der Waals surface area contributed by atoms with Gasteiger partial charge in [-0.1, -0.05) is 30.3 Å². The molecule has 1 N–H and O–H groups in total. The first kappa shape index (κ1) is 28.4. The van der Waals surface area contributed by atoms with Gasteiger partial charge in [0.15, 0.2) is 11.5 Å². The number of anilines is 1. The van der Waals surface area contributed by atoms with Gasteiger partial charge in [0.2, 0.25) is 5.91 Å². The second-order valence-corrected chi connectivity index (χ2v) is 10.6. The summed E-state index contributed by atoms with van der Waals surface area (Å²) >= 11 is 4.23. The minimum Gasteiger partial charge on any atom is -0.490 e. The van der Waals surface area contributed by atoms with Crippen LogP contribution in [0.3, 0.4) is 0 Å². The second kappa shape index (κ2) is 12.5. The van der Waals surface area contributed by atoms with Crippen LogP contribution < -0.4 is 14.8 Å². The molecule has 1 saturated heterocycles. The van der Waals surface area contributed by atoms with E-state index < -0.39 is 23.6 Å². The van der Waals surface area contributed by atoms with Crippen molar-refractivity contribution in [3.05, 3.63) is 92.0 Å². The van der Waals surface area contributed by atoms with Gasteiger partial charge in [0.1, 0.15) is 19.0 Å². The summed E-state index contributed by atoms with van der Waals surface area (Å²) in [6.45, 7) is 5.53. The fourth-order valence-electron chi connectivity index (χ4n) is 3.83.